The van der Waals surface area contributed by atoms with E-state index in [4.69, 9.17) is 16.9 Å². The van der Waals surface area contributed by atoms with E-state index in [-0.39, 0.29) is 5.91 Å². The first-order chi connectivity index (χ1) is 9.02. The molecule has 0 aliphatic heterocycles. The van der Waals surface area contributed by atoms with Crippen molar-refractivity contribution in [3.05, 3.63) is 50.2 Å². The molecule has 2 rings (SSSR count). The molecule has 0 spiro atoms. The van der Waals surface area contributed by atoms with Gasteiger partial charge in [0, 0.05) is 5.69 Å². The molecule has 0 bridgehead atoms. The van der Waals surface area contributed by atoms with Crippen LogP contribution in [0.25, 0.3) is 0 Å². The summed E-state index contributed by atoms with van der Waals surface area (Å²) in [5.74, 6) is -0.249. The summed E-state index contributed by atoms with van der Waals surface area (Å²) in [5, 5.41) is 14.0. The Bertz CT molecular complexity index is 685. The highest BCUT2D eigenvalue weighted by Gasteiger charge is 2.15. The van der Waals surface area contributed by atoms with Crippen molar-refractivity contribution in [2.45, 2.75) is 13.8 Å². The van der Waals surface area contributed by atoms with E-state index < -0.39 is 0 Å². The van der Waals surface area contributed by atoms with Gasteiger partial charge in [0.15, 0.2) is 0 Å². The van der Waals surface area contributed by atoms with Gasteiger partial charge >= 0.3 is 0 Å². The Kier molecular flexibility index (Phi) is 3.89. The van der Waals surface area contributed by atoms with E-state index in [2.05, 4.69) is 5.32 Å². The summed E-state index contributed by atoms with van der Waals surface area (Å²) in [4.78, 5) is 12.6. The summed E-state index contributed by atoms with van der Waals surface area (Å²) in [6, 6.07) is 7.22. The van der Waals surface area contributed by atoms with Crippen LogP contribution in [0.2, 0.25) is 5.02 Å². The smallest absolute Gasteiger partial charge is 0.267 e. The van der Waals surface area contributed by atoms with Crippen molar-refractivity contribution in [1.29, 1.82) is 5.26 Å². The number of nitrogens with one attached hydrogen (secondary N) is 1. The SMILES string of the molecule is Cc1ccc(C#N)cc1NC(=O)c1scc(C)c1Cl. The zero-order valence-electron chi connectivity index (χ0n) is 10.5. The zero-order chi connectivity index (χ0) is 14.0. The highest BCUT2D eigenvalue weighted by molar-refractivity contribution is 7.13. The zero-order valence-corrected chi connectivity index (χ0v) is 12.0. The number of nitriles is 1. The fourth-order valence-corrected chi connectivity index (χ4v) is 2.76. The average Bonchev–Trinajstić information content (AvgIpc) is 2.73. The highest BCUT2D eigenvalue weighted by Crippen LogP contribution is 2.28. The lowest BCUT2D eigenvalue weighted by atomic mass is 10.1. The van der Waals surface area contributed by atoms with Crippen molar-refractivity contribution in [2.24, 2.45) is 0 Å². The van der Waals surface area contributed by atoms with Gasteiger partial charge < -0.3 is 5.32 Å². The molecule has 1 aromatic heterocycles. The predicted octanol–water partition coefficient (Wildman–Crippen LogP) is 4.14. The maximum atomic E-state index is 12.1. The predicted molar refractivity (Wildman–Crippen MR) is 77.9 cm³/mol. The number of hydrogen-bond acceptors (Lipinski definition) is 3. The normalized spacial score (nSPS) is 10.0. The number of halogens is 1. The molecular formula is C14H11ClN2OS. The summed E-state index contributed by atoms with van der Waals surface area (Å²) in [6.45, 7) is 3.73. The summed E-state index contributed by atoms with van der Waals surface area (Å²) < 4.78 is 0. The van der Waals surface area contributed by atoms with E-state index >= 15 is 0 Å². The van der Waals surface area contributed by atoms with Crippen LogP contribution in [0.5, 0.6) is 0 Å². The van der Waals surface area contributed by atoms with Crippen LogP contribution in [0.1, 0.15) is 26.4 Å². The van der Waals surface area contributed by atoms with E-state index in [1.807, 2.05) is 25.3 Å². The van der Waals surface area contributed by atoms with Crippen LogP contribution < -0.4 is 5.32 Å². The first kappa shape index (κ1) is 13.6. The Morgan fingerprint density at radius 1 is 1.37 bits per heavy atom. The van der Waals surface area contributed by atoms with Crippen molar-refractivity contribution >= 4 is 34.5 Å². The standard InChI is InChI=1S/C14H11ClN2OS/c1-8-3-4-10(6-16)5-11(8)17-14(18)13-12(15)9(2)7-19-13/h3-5,7H,1-2H3,(H,17,18). The first-order valence-electron chi connectivity index (χ1n) is 5.58. The molecule has 5 heteroatoms. The number of amides is 1. The van der Waals surface area contributed by atoms with E-state index in [0.29, 0.717) is 21.2 Å². The molecule has 96 valence electrons. The number of carbonyl (C=O) groups excluding carboxylic acids is 1. The number of nitrogens with zero attached hydrogens (tertiary/aromatic N) is 1. The van der Waals surface area contributed by atoms with E-state index in [0.717, 1.165) is 11.1 Å². The van der Waals surface area contributed by atoms with E-state index in [1.54, 1.807) is 18.2 Å². The topological polar surface area (TPSA) is 52.9 Å². The van der Waals surface area contributed by atoms with Gasteiger partial charge in [0.2, 0.25) is 0 Å². The van der Waals surface area contributed by atoms with Gasteiger partial charge in [-0.2, -0.15) is 5.26 Å². The first-order valence-corrected chi connectivity index (χ1v) is 6.84. The summed E-state index contributed by atoms with van der Waals surface area (Å²) in [6.07, 6.45) is 0. The number of thiophene rings is 1. The van der Waals surface area contributed by atoms with Gasteiger partial charge in [-0.15, -0.1) is 11.3 Å². The van der Waals surface area contributed by atoms with Gasteiger partial charge in [0.1, 0.15) is 4.88 Å². The molecule has 0 atom stereocenters. The van der Waals surface area contributed by atoms with E-state index in [9.17, 15) is 4.79 Å². The quantitative estimate of drug-likeness (QED) is 0.903. The van der Waals surface area contributed by atoms with Gasteiger partial charge in [-0.3, -0.25) is 4.79 Å². The minimum atomic E-state index is -0.249. The number of rotatable bonds is 2. The lowest BCUT2D eigenvalue weighted by molar-refractivity contribution is 0.103. The second-order valence-electron chi connectivity index (χ2n) is 4.16. The van der Waals surface area contributed by atoms with Crippen LogP contribution in [0.4, 0.5) is 5.69 Å². The molecule has 1 aromatic carbocycles. The molecular weight excluding hydrogens is 280 g/mol. The molecule has 3 nitrogen and oxygen atoms in total. The summed E-state index contributed by atoms with van der Waals surface area (Å²) in [5.41, 5.74) is 2.93. The molecule has 0 saturated heterocycles. The third kappa shape index (κ3) is 2.78. The molecule has 19 heavy (non-hydrogen) atoms. The number of anilines is 1. The van der Waals surface area contributed by atoms with Crippen LogP contribution in [0.3, 0.4) is 0 Å². The second kappa shape index (κ2) is 5.43. The van der Waals surface area contributed by atoms with Crippen LogP contribution in [0.15, 0.2) is 23.6 Å². The van der Waals surface area contributed by atoms with Crippen LogP contribution >= 0.6 is 22.9 Å². The number of hydrogen-bond donors (Lipinski definition) is 1. The van der Waals surface area contributed by atoms with Gasteiger partial charge in [-0.25, -0.2) is 0 Å². The van der Waals surface area contributed by atoms with Crippen LogP contribution in [-0.2, 0) is 0 Å². The third-order valence-electron chi connectivity index (χ3n) is 2.72. The molecule has 1 N–H and O–H groups in total. The molecule has 0 aliphatic carbocycles. The molecule has 0 unspecified atom stereocenters. The lowest BCUT2D eigenvalue weighted by Crippen LogP contribution is -2.11. The monoisotopic (exact) mass is 290 g/mol. The number of carbonyl (C=O) groups is 1. The van der Waals surface area contributed by atoms with E-state index in [1.165, 1.54) is 11.3 Å². The van der Waals surface area contributed by atoms with Crippen molar-refractivity contribution in [3.63, 3.8) is 0 Å². The maximum absolute atomic E-state index is 12.1. The van der Waals surface area contributed by atoms with Crippen molar-refractivity contribution in [2.75, 3.05) is 5.32 Å². The molecule has 0 saturated carbocycles. The maximum Gasteiger partial charge on any atom is 0.267 e. The van der Waals surface area contributed by atoms with Crippen LogP contribution in [-0.4, -0.2) is 5.91 Å². The Morgan fingerprint density at radius 3 is 2.68 bits per heavy atom. The Hall–Kier alpha value is -1.83. The van der Waals surface area contributed by atoms with Gasteiger partial charge in [0.05, 0.1) is 16.7 Å². The van der Waals surface area contributed by atoms with Crippen molar-refractivity contribution in [1.82, 2.24) is 0 Å². The highest BCUT2D eigenvalue weighted by atomic mass is 35.5. The Labute approximate surface area is 120 Å². The average molecular weight is 291 g/mol. The minimum Gasteiger partial charge on any atom is -0.321 e. The molecule has 0 fully saturated rings. The van der Waals surface area contributed by atoms with Crippen LogP contribution in [0, 0.1) is 25.2 Å². The lowest BCUT2D eigenvalue weighted by Gasteiger charge is -2.08. The Morgan fingerprint density at radius 2 is 2.11 bits per heavy atom. The van der Waals surface area contributed by atoms with Crippen molar-refractivity contribution in [3.8, 4) is 6.07 Å². The summed E-state index contributed by atoms with van der Waals surface area (Å²) in [7, 11) is 0. The molecule has 1 heterocycles. The number of benzene rings is 1. The number of aryl methyl sites for hydroxylation is 2. The third-order valence-corrected chi connectivity index (χ3v) is 4.42. The van der Waals surface area contributed by atoms with Crippen molar-refractivity contribution < 1.29 is 4.79 Å². The minimum absolute atomic E-state index is 0.249. The fourth-order valence-electron chi connectivity index (χ4n) is 1.59. The summed E-state index contributed by atoms with van der Waals surface area (Å²) >= 11 is 7.38. The fraction of sp³-hybridized carbons (Fsp3) is 0.143. The second-order valence-corrected chi connectivity index (χ2v) is 5.42. The molecule has 0 aliphatic rings. The van der Waals surface area contributed by atoms with Gasteiger partial charge in [-0.1, -0.05) is 17.7 Å². The van der Waals surface area contributed by atoms with Gasteiger partial charge in [0.25, 0.3) is 5.91 Å². The molecule has 2 aromatic rings. The molecule has 1 amide bonds. The molecule has 0 radical (unpaired) electrons. The Balaban J connectivity index is 2.29. The largest absolute Gasteiger partial charge is 0.321 e. The van der Waals surface area contributed by atoms with Gasteiger partial charge in [-0.05, 0) is 42.5 Å².